The molecular weight excluding hydrogens is 288 g/mol. The average molecular weight is 298 g/mol. The summed E-state index contributed by atoms with van der Waals surface area (Å²) < 4.78 is 2.00. The van der Waals surface area contributed by atoms with E-state index in [2.05, 4.69) is 25.5 Å². The number of rotatable bonds is 3. The molecule has 2 N–H and O–H groups in total. The number of hydrogen-bond acceptors (Lipinski definition) is 5. The van der Waals surface area contributed by atoms with E-state index in [1.807, 2.05) is 0 Å². The van der Waals surface area contributed by atoms with Gasteiger partial charge < -0.3 is 0 Å². The molecule has 1 amide bonds. The molecule has 3 rings (SSSR count). The predicted molar refractivity (Wildman–Crippen MR) is 78.7 cm³/mol. The van der Waals surface area contributed by atoms with Crippen molar-refractivity contribution in [3.63, 3.8) is 0 Å². The van der Waals surface area contributed by atoms with E-state index in [9.17, 15) is 4.79 Å². The van der Waals surface area contributed by atoms with Crippen LogP contribution in [0.25, 0.3) is 5.69 Å². The fourth-order valence-corrected chi connectivity index (χ4v) is 2.03. The van der Waals surface area contributed by atoms with Crippen LogP contribution in [0.5, 0.6) is 0 Å². The Morgan fingerprint density at radius 3 is 2.38 bits per heavy atom. The highest BCUT2D eigenvalue weighted by molar-refractivity contribution is 7.71. The van der Waals surface area contributed by atoms with E-state index in [1.165, 1.54) is 0 Å². The number of anilines is 1. The smallest absolute Gasteiger partial charge is 0.258 e. The van der Waals surface area contributed by atoms with Crippen molar-refractivity contribution in [2.45, 2.75) is 0 Å². The zero-order valence-corrected chi connectivity index (χ0v) is 11.5. The second kappa shape index (κ2) is 5.63. The van der Waals surface area contributed by atoms with Crippen molar-refractivity contribution in [2.75, 3.05) is 5.32 Å². The monoisotopic (exact) mass is 298 g/mol. The molecular formula is C13H10N6OS. The van der Waals surface area contributed by atoms with Crippen molar-refractivity contribution in [1.82, 2.24) is 24.7 Å². The van der Waals surface area contributed by atoms with Gasteiger partial charge in [0.2, 0.25) is 10.7 Å². The Hall–Kier alpha value is -2.87. The van der Waals surface area contributed by atoms with E-state index < -0.39 is 0 Å². The van der Waals surface area contributed by atoms with Gasteiger partial charge in [0.25, 0.3) is 5.91 Å². The number of pyridine rings is 2. The van der Waals surface area contributed by atoms with Crippen molar-refractivity contribution in [1.29, 1.82) is 0 Å². The van der Waals surface area contributed by atoms with Gasteiger partial charge in [-0.25, -0.2) is 5.10 Å². The summed E-state index contributed by atoms with van der Waals surface area (Å²) in [4.78, 5) is 20.0. The summed E-state index contributed by atoms with van der Waals surface area (Å²) >= 11 is 5.19. The van der Waals surface area contributed by atoms with Crippen molar-refractivity contribution in [3.8, 4) is 5.69 Å². The fourth-order valence-electron chi connectivity index (χ4n) is 1.79. The van der Waals surface area contributed by atoms with Crippen LogP contribution in [0.15, 0.2) is 49.1 Å². The summed E-state index contributed by atoms with van der Waals surface area (Å²) in [5.41, 5.74) is 1.24. The minimum atomic E-state index is -0.290. The molecule has 0 saturated carbocycles. The number of aromatic nitrogens is 5. The van der Waals surface area contributed by atoms with Gasteiger partial charge in [0.1, 0.15) is 0 Å². The van der Waals surface area contributed by atoms with Crippen LogP contribution in [-0.4, -0.2) is 30.6 Å². The topological polar surface area (TPSA) is 88.5 Å². The first-order valence-corrected chi connectivity index (χ1v) is 6.46. The lowest BCUT2D eigenvalue weighted by Gasteiger charge is -2.07. The average Bonchev–Trinajstić information content (AvgIpc) is 2.89. The molecule has 0 radical (unpaired) electrons. The number of hydrogen-bond donors (Lipinski definition) is 2. The molecule has 0 atom stereocenters. The molecule has 7 nitrogen and oxygen atoms in total. The van der Waals surface area contributed by atoms with Gasteiger partial charge in [-0.1, -0.05) is 0 Å². The number of amides is 1. The van der Waals surface area contributed by atoms with Crippen LogP contribution >= 0.6 is 12.2 Å². The van der Waals surface area contributed by atoms with E-state index in [0.29, 0.717) is 16.3 Å². The highest BCUT2D eigenvalue weighted by Gasteiger charge is 2.12. The van der Waals surface area contributed by atoms with E-state index in [0.717, 1.165) is 5.69 Å². The number of H-pyrrole nitrogens is 1. The van der Waals surface area contributed by atoms with Crippen LogP contribution in [0.2, 0.25) is 0 Å². The first kappa shape index (κ1) is 13.1. The Kier molecular flexibility index (Phi) is 3.52. The summed E-state index contributed by atoms with van der Waals surface area (Å²) in [6.45, 7) is 0. The quantitative estimate of drug-likeness (QED) is 0.722. The lowest BCUT2D eigenvalue weighted by atomic mass is 10.2. The van der Waals surface area contributed by atoms with Crippen molar-refractivity contribution in [3.05, 3.63) is 59.4 Å². The highest BCUT2D eigenvalue weighted by Crippen LogP contribution is 2.14. The zero-order chi connectivity index (χ0) is 14.7. The van der Waals surface area contributed by atoms with Gasteiger partial charge in [-0.3, -0.25) is 24.6 Å². The summed E-state index contributed by atoms with van der Waals surface area (Å²) in [5.74, 6) is 0.0229. The molecule has 0 aliphatic carbocycles. The van der Waals surface area contributed by atoms with E-state index >= 15 is 0 Å². The van der Waals surface area contributed by atoms with E-state index in [1.54, 1.807) is 53.6 Å². The number of carbonyl (C=O) groups is 1. The van der Waals surface area contributed by atoms with Gasteiger partial charge in [-0.05, 0) is 36.5 Å². The number of nitrogens with one attached hydrogen (secondary N) is 2. The second-order valence-electron chi connectivity index (χ2n) is 4.08. The summed E-state index contributed by atoms with van der Waals surface area (Å²) in [7, 11) is 0. The van der Waals surface area contributed by atoms with Crippen LogP contribution in [0.1, 0.15) is 10.4 Å². The molecule has 0 aromatic carbocycles. The van der Waals surface area contributed by atoms with Gasteiger partial charge in [0.15, 0.2) is 0 Å². The van der Waals surface area contributed by atoms with Gasteiger partial charge in [-0.15, -0.1) is 5.10 Å². The lowest BCUT2D eigenvalue weighted by Crippen LogP contribution is -2.15. The summed E-state index contributed by atoms with van der Waals surface area (Å²) in [6, 6.07) is 6.78. The van der Waals surface area contributed by atoms with E-state index in [-0.39, 0.29) is 5.91 Å². The summed E-state index contributed by atoms with van der Waals surface area (Å²) in [6.07, 6.45) is 6.38. The van der Waals surface area contributed by atoms with E-state index in [4.69, 9.17) is 12.2 Å². The van der Waals surface area contributed by atoms with Crippen LogP contribution in [0.4, 0.5) is 5.95 Å². The van der Waals surface area contributed by atoms with Crippen molar-refractivity contribution < 1.29 is 4.79 Å². The Labute approximate surface area is 124 Å². The maximum absolute atomic E-state index is 12.2. The molecule has 0 saturated heterocycles. The molecule has 0 unspecified atom stereocenters. The Balaban J connectivity index is 1.95. The molecule has 0 aliphatic rings. The normalized spacial score (nSPS) is 10.3. The Morgan fingerprint density at radius 2 is 1.71 bits per heavy atom. The molecule has 8 heteroatoms. The third-order valence-corrected chi connectivity index (χ3v) is 3.03. The summed E-state index contributed by atoms with van der Waals surface area (Å²) in [5, 5.41) is 9.41. The van der Waals surface area contributed by atoms with Gasteiger partial charge in [0, 0.05) is 30.4 Å². The molecule has 0 aliphatic heterocycles. The first-order chi connectivity index (χ1) is 10.3. The van der Waals surface area contributed by atoms with Crippen molar-refractivity contribution >= 4 is 24.1 Å². The standard InChI is InChI=1S/C13H10N6OS/c20-11(9-1-5-14-6-2-9)16-12-17-18-13(21)19(12)10-3-7-15-8-4-10/h1-8H,(H,18,21)(H,16,17,20). The SMILES string of the molecule is O=C(Nc1n[nH]c(=S)n1-c1ccncc1)c1ccncc1. The highest BCUT2D eigenvalue weighted by atomic mass is 32.1. The maximum Gasteiger partial charge on any atom is 0.258 e. The molecule has 3 aromatic rings. The van der Waals surface area contributed by atoms with Gasteiger partial charge in [-0.2, -0.15) is 0 Å². The van der Waals surface area contributed by atoms with Gasteiger partial charge in [0.05, 0.1) is 5.69 Å². The van der Waals surface area contributed by atoms with Crippen LogP contribution in [0, 0.1) is 4.77 Å². The minimum absolute atomic E-state index is 0.290. The number of aromatic amines is 1. The Morgan fingerprint density at radius 1 is 1.10 bits per heavy atom. The molecule has 0 spiro atoms. The third-order valence-electron chi connectivity index (χ3n) is 2.76. The first-order valence-electron chi connectivity index (χ1n) is 6.05. The fraction of sp³-hybridized carbons (Fsp3) is 0. The predicted octanol–water partition coefficient (Wildman–Crippen LogP) is 1.97. The second-order valence-corrected chi connectivity index (χ2v) is 4.47. The van der Waals surface area contributed by atoms with Crippen molar-refractivity contribution in [2.24, 2.45) is 0 Å². The molecule has 0 bridgehead atoms. The Bertz CT molecular complexity index is 811. The largest absolute Gasteiger partial charge is 0.290 e. The zero-order valence-electron chi connectivity index (χ0n) is 10.7. The van der Waals surface area contributed by atoms with Crippen LogP contribution < -0.4 is 5.32 Å². The lowest BCUT2D eigenvalue weighted by molar-refractivity contribution is 0.102. The molecule has 0 fully saturated rings. The third kappa shape index (κ3) is 2.70. The number of nitrogens with zero attached hydrogens (tertiary/aromatic N) is 4. The molecule has 21 heavy (non-hydrogen) atoms. The maximum atomic E-state index is 12.2. The minimum Gasteiger partial charge on any atom is -0.290 e. The van der Waals surface area contributed by atoms with Crippen LogP contribution in [-0.2, 0) is 0 Å². The molecule has 3 heterocycles. The van der Waals surface area contributed by atoms with Crippen LogP contribution in [0.3, 0.4) is 0 Å². The molecule has 104 valence electrons. The molecule has 3 aromatic heterocycles. The number of carbonyl (C=O) groups excluding carboxylic acids is 1. The van der Waals surface area contributed by atoms with Gasteiger partial charge >= 0.3 is 0 Å².